The molecule has 35 heavy (non-hydrogen) atoms. The van der Waals surface area contributed by atoms with Crippen LogP contribution in [0.25, 0.3) is 0 Å². The molecule has 0 saturated heterocycles. The Kier molecular flexibility index (Phi) is 19.3. The van der Waals surface area contributed by atoms with Gasteiger partial charge < -0.3 is 47.4 Å². The number of nitrogens with zero attached hydrogens (tertiary/aromatic N) is 1. The van der Waals surface area contributed by atoms with E-state index < -0.39 is 11.9 Å². The summed E-state index contributed by atoms with van der Waals surface area (Å²) in [4.78, 5) is 16.5. The van der Waals surface area contributed by atoms with Crippen LogP contribution in [0.2, 0.25) is 0 Å². The zero-order valence-corrected chi connectivity index (χ0v) is 20.9. The zero-order valence-electron chi connectivity index (χ0n) is 20.9. The molecule has 1 rings (SSSR count). The lowest BCUT2D eigenvalue weighted by molar-refractivity contribution is -0.394. The normalized spacial score (nSPS) is 11.6. The molecule has 1 aromatic heterocycles. The number of rotatable bonds is 24. The molecule has 12 nitrogen and oxygen atoms in total. The van der Waals surface area contributed by atoms with Gasteiger partial charge in [-0.25, -0.2) is 9.78 Å². The van der Waals surface area contributed by atoms with Crippen molar-refractivity contribution in [3.8, 4) is 0 Å². The number of methoxy groups -OCH3 is 3. The molecule has 0 fully saturated rings. The third kappa shape index (κ3) is 15.8. The van der Waals surface area contributed by atoms with Crippen molar-refractivity contribution >= 4 is 5.97 Å². The van der Waals surface area contributed by atoms with Crippen LogP contribution < -0.4 is 0 Å². The van der Waals surface area contributed by atoms with Crippen LogP contribution in [0.3, 0.4) is 0 Å². The quantitative estimate of drug-likeness (QED) is 0.113. The predicted octanol–water partition coefficient (Wildman–Crippen LogP) is 0.931. The molecule has 0 saturated carbocycles. The first kappa shape index (κ1) is 31.3. The van der Waals surface area contributed by atoms with E-state index >= 15 is 0 Å². The summed E-state index contributed by atoms with van der Waals surface area (Å²) in [7, 11) is 4.77. The summed E-state index contributed by atoms with van der Waals surface area (Å²) in [5, 5.41) is 0. The highest BCUT2D eigenvalue weighted by atomic mass is 16.9. The molecular weight excluding hydrogens is 466 g/mol. The SMILES string of the molecule is COCCOCCOC(COC(=O)c1ccccn1)(OCCOCCOC)OCCOCCOC. The molecule has 0 aliphatic rings. The monoisotopic (exact) mass is 505 g/mol. The van der Waals surface area contributed by atoms with Crippen LogP contribution in [0, 0.1) is 0 Å². The Hall–Kier alpha value is -1.74. The summed E-state index contributed by atoms with van der Waals surface area (Å²) in [5.74, 6) is -2.35. The second-order valence-corrected chi connectivity index (χ2v) is 6.84. The van der Waals surface area contributed by atoms with Gasteiger partial charge in [0.25, 0.3) is 0 Å². The first-order valence-corrected chi connectivity index (χ1v) is 11.4. The number of hydrogen-bond donors (Lipinski definition) is 0. The number of pyridine rings is 1. The molecule has 0 aliphatic heterocycles. The van der Waals surface area contributed by atoms with Gasteiger partial charge in [-0.1, -0.05) is 6.07 Å². The van der Waals surface area contributed by atoms with E-state index in [4.69, 9.17) is 47.4 Å². The molecular formula is C23H39NO11. The fourth-order valence-corrected chi connectivity index (χ4v) is 2.46. The Labute approximate surface area is 207 Å². The van der Waals surface area contributed by atoms with Crippen LogP contribution in [0.1, 0.15) is 10.5 Å². The van der Waals surface area contributed by atoms with Crippen LogP contribution in [0.5, 0.6) is 0 Å². The zero-order chi connectivity index (χ0) is 25.5. The number of esters is 1. The molecule has 1 heterocycles. The van der Waals surface area contributed by atoms with E-state index in [-0.39, 0.29) is 51.9 Å². The highest BCUT2D eigenvalue weighted by molar-refractivity contribution is 5.87. The summed E-state index contributed by atoms with van der Waals surface area (Å²) in [5.41, 5.74) is 0.148. The summed E-state index contributed by atoms with van der Waals surface area (Å²) >= 11 is 0. The van der Waals surface area contributed by atoms with E-state index in [0.717, 1.165) is 0 Å². The van der Waals surface area contributed by atoms with Crippen LogP contribution in [-0.2, 0) is 47.4 Å². The van der Waals surface area contributed by atoms with Crippen molar-refractivity contribution in [3.05, 3.63) is 30.1 Å². The third-order valence-electron chi connectivity index (χ3n) is 4.20. The van der Waals surface area contributed by atoms with Crippen molar-refractivity contribution < 1.29 is 52.2 Å². The van der Waals surface area contributed by atoms with Crippen molar-refractivity contribution in [2.75, 3.05) is 107 Å². The van der Waals surface area contributed by atoms with Crippen LogP contribution >= 0.6 is 0 Å². The van der Waals surface area contributed by atoms with Crippen molar-refractivity contribution in [1.29, 1.82) is 0 Å². The topological polar surface area (TPSA) is 122 Å². The van der Waals surface area contributed by atoms with Gasteiger partial charge in [-0.3, -0.25) is 0 Å². The Bertz CT molecular complexity index is 580. The minimum Gasteiger partial charge on any atom is -0.452 e. The van der Waals surface area contributed by atoms with Gasteiger partial charge in [-0.15, -0.1) is 0 Å². The summed E-state index contributed by atoms with van der Waals surface area (Å²) in [6.45, 7) is 3.32. The van der Waals surface area contributed by atoms with Crippen molar-refractivity contribution in [1.82, 2.24) is 4.98 Å². The van der Waals surface area contributed by atoms with E-state index in [1.54, 1.807) is 39.5 Å². The maximum Gasteiger partial charge on any atom is 0.357 e. The number of carbonyl (C=O) groups is 1. The van der Waals surface area contributed by atoms with E-state index in [0.29, 0.717) is 39.6 Å². The first-order valence-electron chi connectivity index (χ1n) is 11.4. The predicted molar refractivity (Wildman–Crippen MR) is 123 cm³/mol. The van der Waals surface area contributed by atoms with Gasteiger partial charge in [0, 0.05) is 27.5 Å². The Morgan fingerprint density at radius 2 is 1.14 bits per heavy atom. The fraction of sp³-hybridized carbons (Fsp3) is 0.739. The highest BCUT2D eigenvalue weighted by Crippen LogP contribution is 2.18. The molecule has 0 aliphatic carbocycles. The van der Waals surface area contributed by atoms with E-state index in [1.807, 2.05) is 0 Å². The van der Waals surface area contributed by atoms with Crippen LogP contribution in [-0.4, -0.2) is 124 Å². The molecule has 0 unspecified atom stereocenters. The molecule has 0 bridgehead atoms. The van der Waals surface area contributed by atoms with Crippen molar-refractivity contribution in [2.24, 2.45) is 0 Å². The summed E-state index contributed by atoms with van der Waals surface area (Å²) < 4.78 is 54.3. The van der Waals surface area contributed by atoms with Gasteiger partial charge in [-0.2, -0.15) is 0 Å². The number of carbonyl (C=O) groups excluding carboxylic acids is 1. The average molecular weight is 506 g/mol. The van der Waals surface area contributed by atoms with E-state index in [2.05, 4.69) is 4.98 Å². The van der Waals surface area contributed by atoms with E-state index in [9.17, 15) is 4.79 Å². The molecule has 12 heteroatoms. The fourth-order valence-electron chi connectivity index (χ4n) is 2.46. The second-order valence-electron chi connectivity index (χ2n) is 6.84. The lowest BCUT2D eigenvalue weighted by atomic mass is 10.3. The minimum atomic E-state index is -1.70. The largest absolute Gasteiger partial charge is 0.452 e. The van der Waals surface area contributed by atoms with Gasteiger partial charge in [0.2, 0.25) is 0 Å². The Morgan fingerprint density at radius 1 is 0.686 bits per heavy atom. The van der Waals surface area contributed by atoms with Gasteiger partial charge in [0.1, 0.15) is 5.69 Å². The van der Waals surface area contributed by atoms with Crippen molar-refractivity contribution in [3.63, 3.8) is 0 Å². The molecule has 0 aromatic carbocycles. The molecule has 0 atom stereocenters. The van der Waals surface area contributed by atoms with Crippen molar-refractivity contribution in [2.45, 2.75) is 5.97 Å². The first-order chi connectivity index (χ1) is 17.2. The van der Waals surface area contributed by atoms with Gasteiger partial charge in [-0.05, 0) is 12.1 Å². The standard InChI is InChI=1S/C23H39NO11/c1-26-8-11-29-14-17-33-23(34-18-15-30-12-9-27-2,35-19-16-31-13-10-28-3)20-32-22(25)21-6-4-5-7-24-21/h4-7H,8-20H2,1-3H3. The maximum absolute atomic E-state index is 12.5. The lowest BCUT2D eigenvalue weighted by Gasteiger charge is -2.32. The Balaban J connectivity index is 2.76. The third-order valence-corrected chi connectivity index (χ3v) is 4.20. The molecule has 0 radical (unpaired) electrons. The lowest BCUT2D eigenvalue weighted by Crippen LogP contribution is -2.46. The van der Waals surface area contributed by atoms with Crippen LogP contribution in [0.4, 0.5) is 0 Å². The number of aromatic nitrogens is 1. The summed E-state index contributed by atoms with van der Waals surface area (Å²) in [6, 6.07) is 4.93. The number of hydrogen-bond acceptors (Lipinski definition) is 12. The van der Waals surface area contributed by atoms with Gasteiger partial charge >= 0.3 is 11.9 Å². The minimum absolute atomic E-state index is 0.111. The van der Waals surface area contributed by atoms with Gasteiger partial charge in [0.05, 0.1) is 79.3 Å². The molecule has 1 aromatic rings. The highest BCUT2D eigenvalue weighted by Gasteiger charge is 2.36. The average Bonchev–Trinajstić information content (AvgIpc) is 2.89. The van der Waals surface area contributed by atoms with E-state index in [1.165, 1.54) is 6.20 Å². The maximum atomic E-state index is 12.5. The number of ether oxygens (including phenoxy) is 10. The molecule has 202 valence electrons. The molecule has 0 amide bonds. The molecule has 0 N–H and O–H groups in total. The second kappa shape index (κ2) is 21.5. The molecule has 0 spiro atoms. The Morgan fingerprint density at radius 3 is 1.54 bits per heavy atom. The smallest absolute Gasteiger partial charge is 0.357 e. The summed E-state index contributed by atoms with van der Waals surface area (Å²) in [6.07, 6.45) is 1.50. The van der Waals surface area contributed by atoms with Gasteiger partial charge in [0.15, 0.2) is 6.61 Å². The van der Waals surface area contributed by atoms with Crippen LogP contribution in [0.15, 0.2) is 24.4 Å².